The minimum atomic E-state index is -0.552. The Hall–Kier alpha value is -1.22. The molecule has 0 bridgehead atoms. The minimum Gasteiger partial charge on any atom is -0.485 e. The molecular formula is C12H16O3. The van der Waals surface area contributed by atoms with Gasteiger partial charge in [0, 0.05) is 0 Å². The molecule has 1 aliphatic rings. The maximum Gasteiger partial charge on any atom is 0.166 e. The molecule has 0 spiro atoms. The average Bonchev–Trinajstić information content (AvgIpc) is 2.29. The van der Waals surface area contributed by atoms with E-state index in [4.69, 9.17) is 9.47 Å². The average molecular weight is 208 g/mol. The standard InChI is InChI=1S/C12H16O3/c1-2-7-12(8-13)9-14-10-5-3-4-6-11(10)15-12/h3-6,13H,2,7-9H2,1H3/t12-/m1/s1. The van der Waals surface area contributed by atoms with E-state index >= 15 is 0 Å². The van der Waals surface area contributed by atoms with E-state index in [2.05, 4.69) is 6.92 Å². The van der Waals surface area contributed by atoms with E-state index in [-0.39, 0.29) is 6.61 Å². The highest BCUT2D eigenvalue weighted by molar-refractivity contribution is 5.41. The molecule has 2 rings (SSSR count). The number of para-hydroxylation sites is 2. The summed E-state index contributed by atoms with van der Waals surface area (Å²) in [5.74, 6) is 1.49. The first kappa shape index (κ1) is 10.3. The second-order valence-corrected chi connectivity index (χ2v) is 3.93. The first-order valence-corrected chi connectivity index (χ1v) is 5.31. The smallest absolute Gasteiger partial charge is 0.166 e. The summed E-state index contributed by atoms with van der Waals surface area (Å²) in [5, 5.41) is 9.39. The third-order valence-corrected chi connectivity index (χ3v) is 2.66. The van der Waals surface area contributed by atoms with Crippen LogP contribution < -0.4 is 9.47 Å². The molecular weight excluding hydrogens is 192 g/mol. The molecule has 0 aliphatic carbocycles. The van der Waals surface area contributed by atoms with Crippen molar-refractivity contribution in [2.75, 3.05) is 13.2 Å². The van der Waals surface area contributed by atoms with Crippen LogP contribution in [0.1, 0.15) is 19.8 Å². The number of benzene rings is 1. The van der Waals surface area contributed by atoms with Crippen molar-refractivity contribution >= 4 is 0 Å². The van der Waals surface area contributed by atoms with Gasteiger partial charge in [-0.2, -0.15) is 0 Å². The topological polar surface area (TPSA) is 38.7 Å². The molecule has 1 aromatic rings. The van der Waals surface area contributed by atoms with Gasteiger partial charge >= 0.3 is 0 Å². The number of aliphatic hydroxyl groups excluding tert-OH is 1. The van der Waals surface area contributed by atoms with Gasteiger partial charge in [-0.3, -0.25) is 0 Å². The molecule has 0 fully saturated rings. The predicted molar refractivity (Wildman–Crippen MR) is 57.3 cm³/mol. The van der Waals surface area contributed by atoms with Crippen LogP contribution in [0.4, 0.5) is 0 Å². The maximum absolute atomic E-state index is 9.39. The van der Waals surface area contributed by atoms with Crippen LogP contribution in [0.15, 0.2) is 24.3 Å². The summed E-state index contributed by atoms with van der Waals surface area (Å²) < 4.78 is 11.4. The van der Waals surface area contributed by atoms with Crippen LogP contribution in [0.3, 0.4) is 0 Å². The molecule has 1 atom stereocenters. The van der Waals surface area contributed by atoms with Gasteiger partial charge in [0.2, 0.25) is 0 Å². The Labute approximate surface area is 89.6 Å². The lowest BCUT2D eigenvalue weighted by atomic mass is 9.99. The van der Waals surface area contributed by atoms with Crippen LogP contribution in [0.25, 0.3) is 0 Å². The van der Waals surface area contributed by atoms with Crippen molar-refractivity contribution < 1.29 is 14.6 Å². The summed E-state index contributed by atoms with van der Waals surface area (Å²) in [6, 6.07) is 7.56. The number of hydrogen-bond donors (Lipinski definition) is 1. The van der Waals surface area contributed by atoms with Crippen molar-refractivity contribution in [2.45, 2.75) is 25.4 Å². The lowest BCUT2D eigenvalue weighted by molar-refractivity contribution is -0.0531. The molecule has 0 aromatic heterocycles. The van der Waals surface area contributed by atoms with Gasteiger partial charge in [-0.1, -0.05) is 25.5 Å². The van der Waals surface area contributed by atoms with Gasteiger partial charge in [-0.05, 0) is 18.6 Å². The van der Waals surface area contributed by atoms with E-state index in [0.29, 0.717) is 6.61 Å². The van der Waals surface area contributed by atoms with Crippen LogP contribution in [0.2, 0.25) is 0 Å². The van der Waals surface area contributed by atoms with Crippen LogP contribution >= 0.6 is 0 Å². The number of aliphatic hydroxyl groups is 1. The highest BCUT2D eigenvalue weighted by Gasteiger charge is 2.36. The first-order chi connectivity index (χ1) is 7.29. The fraction of sp³-hybridized carbons (Fsp3) is 0.500. The largest absolute Gasteiger partial charge is 0.485 e. The second-order valence-electron chi connectivity index (χ2n) is 3.93. The normalized spacial score (nSPS) is 23.9. The van der Waals surface area contributed by atoms with Crippen molar-refractivity contribution in [3.8, 4) is 11.5 Å². The molecule has 1 aromatic carbocycles. The first-order valence-electron chi connectivity index (χ1n) is 5.31. The molecule has 82 valence electrons. The summed E-state index contributed by atoms with van der Waals surface area (Å²) in [5.41, 5.74) is -0.552. The van der Waals surface area contributed by atoms with Crippen LogP contribution in [-0.2, 0) is 0 Å². The zero-order chi connectivity index (χ0) is 10.7. The van der Waals surface area contributed by atoms with Gasteiger partial charge in [-0.25, -0.2) is 0 Å². The Morgan fingerprint density at radius 3 is 2.73 bits per heavy atom. The zero-order valence-electron chi connectivity index (χ0n) is 8.90. The van der Waals surface area contributed by atoms with Crippen LogP contribution in [0.5, 0.6) is 11.5 Å². The summed E-state index contributed by atoms with van der Waals surface area (Å²) in [6.45, 7) is 2.49. The van der Waals surface area contributed by atoms with E-state index in [9.17, 15) is 5.11 Å². The molecule has 0 unspecified atom stereocenters. The molecule has 0 radical (unpaired) electrons. The Morgan fingerprint density at radius 1 is 1.33 bits per heavy atom. The SMILES string of the molecule is CCC[C@@]1(CO)COc2ccccc2O1. The molecule has 0 amide bonds. The summed E-state index contributed by atoms with van der Waals surface area (Å²) in [4.78, 5) is 0. The Morgan fingerprint density at radius 2 is 2.07 bits per heavy atom. The van der Waals surface area contributed by atoms with Gasteiger partial charge in [0.25, 0.3) is 0 Å². The van der Waals surface area contributed by atoms with E-state index in [1.165, 1.54) is 0 Å². The lowest BCUT2D eigenvalue weighted by Gasteiger charge is -2.36. The van der Waals surface area contributed by atoms with Crippen molar-refractivity contribution in [1.82, 2.24) is 0 Å². The molecule has 3 nitrogen and oxygen atoms in total. The molecule has 1 heterocycles. The van der Waals surface area contributed by atoms with Gasteiger partial charge in [-0.15, -0.1) is 0 Å². The summed E-state index contributed by atoms with van der Waals surface area (Å²) in [7, 11) is 0. The Balaban J connectivity index is 2.22. The molecule has 15 heavy (non-hydrogen) atoms. The molecule has 3 heteroatoms. The Kier molecular flexibility index (Phi) is 2.82. The molecule has 0 saturated carbocycles. The lowest BCUT2D eigenvalue weighted by Crippen LogP contribution is -2.48. The van der Waals surface area contributed by atoms with E-state index in [1.54, 1.807) is 0 Å². The highest BCUT2D eigenvalue weighted by atomic mass is 16.6. The minimum absolute atomic E-state index is 0.00479. The van der Waals surface area contributed by atoms with Crippen molar-refractivity contribution in [2.24, 2.45) is 0 Å². The fourth-order valence-electron chi connectivity index (χ4n) is 1.86. The van der Waals surface area contributed by atoms with Gasteiger partial charge in [0.15, 0.2) is 17.1 Å². The van der Waals surface area contributed by atoms with E-state index in [0.717, 1.165) is 24.3 Å². The summed E-state index contributed by atoms with van der Waals surface area (Å²) >= 11 is 0. The van der Waals surface area contributed by atoms with Gasteiger partial charge < -0.3 is 14.6 Å². The van der Waals surface area contributed by atoms with Crippen LogP contribution in [0, 0.1) is 0 Å². The summed E-state index contributed by atoms with van der Waals surface area (Å²) in [6.07, 6.45) is 1.77. The molecule has 1 aliphatic heterocycles. The third kappa shape index (κ3) is 1.92. The number of ether oxygens (including phenoxy) is 2. The van der Waals surface area contributed by atoms with Gasteiger partial charge in [0.1, 0.15) is 6.61 Å². The van der Waals surface area contributed by atoms with E-state index < -0.39 is 5.60 Å². The molecule has 1 N–H and O–H groups in total. The van der Waals surface area contributed by atoms with E-state index in [1.807, 2.05) is 24.3 Å². The zero-order valence-corrected chi connectivity index (χ0v) is 8.90. The third-order valence-electron chi connectivity index (χ3n) is 2.66. The number of hydrogen-bond acceptors (Lipinski definition) is 3. The number of rotatable bonds is 3. The number of fused-ring (bicyclic) bond motifs is 1. The maximum atomic E-state index is 9.39. The molecule has 0 saturated heterocycles. The fourth-order valence-corrected chi connectivity index (χ4v) is 1.86. The van der Waals surface area contributed by atoms with Crippen molar-refractivity contribution in [3.05, 3.63) is 24.3 Å². The van der Waals surface area contributed by atoms with Crippen LogP contribution in [-0.4, -0.2) is 23.9 Å². The highest BCUT2D eigenvalue weighted by Crippen LogP contribution is 2.36. The van der Waals surface area contributed by atoms with Crippen molar-refractivity contribution in [1.29, 1.82) is 0 Å². The van der Waals surface area contributed by atoms with Crippen molar-refractivity contribution in [3.63, 3.8) is 0 Å². The Bertz CT molecular complexity index is 337. The quantitative estimate of drug-likeness (QED) is 0.825. The second kappa shape index (κ2) is 4.11. The monoisotopic (exact) mass is 208 g/mol. The predicted octanol–water partition coefficient (Wildman–Crippen LogP) is 1.99. The van der Waals surface area contributed by atoms with Gasteiger partial charge in [0.05, 0.1) is 6.61 Å².